The Balaban J connectivity index is 3.15. The van der Waals surface area contributed by atoms with Crippen LogP contribution in [0.15, 0.2) is 0 Å². The first-order valence-corrected chi connectivity index (χ1v) is 8.15. The summed E-state index contributed by atoms with van der Waals surface area (Å²) >= 11 is 0. The number of rotatable bonds is 13. The highest BCUT2D eigenvalue weighted by molar-refractivity contribution is 4.60. The van der Waals surface area contributed by atoms with Gasteiger partial charge >= 0.3 is 0 Å². The highest BCUT2D eigenvalue weighted by Crippen LogP contribution is 2.19. The van der Waals surface area contributed by atoms with Gasteiger partial charge in [0.2, 0.25) is 0 Å². The van der Waals surface area contributed by atoms with E-state index in [2.05, 4.69) is 6.92 Å². The Morgan fingerprint density at radius 2 is 1.05 bits per heavy atom. The van der Waals surface area contributed by atoms with Gasteiger partial charge in [0.15, 0.2) is 0 Å². The molecule has 0 heterocycles. The van der Waals surface area contributed by atoms with Crippen LogP contribution in [0.1, 0.15) is 90.9 Å². The van der Waals surface area contributed by atoms with E-state index in [1.807, 2.05) is 0 Å². The van der Waals surface area contributed by atoms with Gasteiger partial charge in [-0.15, -0.1) is 0 Å². The molecule has 3 heteroatoms. The van der Waals surface area contributed by atoms with Crippen molar-refractivity contribution in [3.63, 3.8) is 0 Å². The fourth-order valence-corrected chi connectivity index (χ4v) is 2.31. The van der Waals surface area contributed by atoms with E-state index in [0.717, 1.165) is 12.8 Å². The summed E-state index contributed by atoms with van der Waals surface area (Å²) in [5, 5.41) is 26.9. The zero-order chi connectivity index (χ0) is 14.6. The van der Waals surface area contributed by atoms with Crippen LogP contribution in [0.5, 0.6) is 0 Å². The molecular weight excluding hydrogens is 240 g/mol. The first-order chi connectivity index (χ1) is 8.98. The highest BCUT2D eigenvalue weighted by Gasteiger charge is 2.26. The van der Waals surface area contributed by atoms with Crippen LogP contribution in [0.25, 0.3) is 0 Å². The summed E-state index contributed by atoms with van der Waals surface area (Å²) in [6.45, 7) is 3.91. The molecule has 1 unspecified atom stereocenters. The summed E-state index contributed by atoms with van der Waals surface area (Å²) in [4.78, 5) is 0. The molecule has 0 aliphatic rings. The maximum Gasteiger partial charge on any atom is 0.277 e. The summed E-state index contributed by atoms with van der Waals surface area (Å²) in [5.74, 6) is -2.97. The SMILES string of the molecule is CCCCCCCCCCCCCC(C)C(O)(O)O. The van der Waals surface area contributed by atoms with E-state index < -0.39 is 11.9 Å². The van der Waals surface area contributed by atoms with Gasteiger partial charge in [-0.2, -0.15) is 0 Å². The van der Waals surface area contributed by atoms with Crippen molar-refractivity contribution < 1.29 is 15.3 Å². The molecular formula is C16H34O3. The van der Waals surface area contributed by atoms with E-state index in [-0.39, 0.29) is 0 Å². The standard InChI is InChI=1S/C16H34O3/c1-3-4-5-6-7-8-9-10-11-12-13-14-15(2)16(17,18)19/h15,17-19H,3-14H2,1-2H3. The number of hydrogen-bond acceptors (Lipinski definition) is 3. The van der Waals surface area contributed by atoms with Crippen LogP contribution < -0.4 is 0 Å². The molecule has 0 radical (unpaired) electrons. The minimum Gasteiger partial charge on any atom is -0.343 e. The Kier molecular flexibility index (Phi) is 11.6. The van der Waals surface area contributed by atoms with Crippen LogP contribution in [-0.2, 0) is 0 Å². The normalized spacial score (nSPS) is 13.7. The predicted molar refractivity (Wildman–Crippen MR) is 79.6 cm³/mol. The van der Waals surface area contributed by atoms with Crippen molar-refractivity contribution in [2.24, 2.45) is 5.92 Å². The lowest BCUT2D eigenvalue weighted by molar-refractivity contribution is -0.339. The first-order valence-electron chi connectivity index (χ1n) is 8.15. The van der Waals surface area contributed by atoms with E-state index in [1.165, 1.54) is 57.8 Å². The predicted octanol–water partition coefficient (Wildman–Crippen LogP) is 3.95. The summed E-state index contributed by atoms with van der Waals surface area (Å²) < 4.78 is 0. The zero-order valence-electron chi connectivity index (χ0n) is 12.9. The van der Waals surface area contributed by atoms with Gasteiger partial charge in [-0.25, -0.2) is 0 Å². The number of aliphatic hydroxyl groups is 3. The lowest BCUT2D eigenvalue weighted by atomic mass is 9.99. The molecule has 0 saturated carbocycles. The largest absolute Gasteiger partial charge is 0.343 e. The number of unbranched alkanes of at least 4 members (excludes halogenated alkanes) is 10. The van der Waals surface area contributed by atoms with Crippen LogP contribution in [0, 0.1) is 5.92 Å². The molecule has 0 spiro atoms. The Bertz CT molecular complexity index is 187. The molecule has 1 atom stereocenters. The molecule has 0 aromatic carbocycles. The van der Waals surface area contributed by atoms with Gasteiger partial charge in [-0.1, -0.05) is 84.5 Å². The Labute approximate surface area is 119 Å². The molecule has 116 valence electrons. The Morgan fingerprint density at radius 1 is 0.684 bits per heavy atom. The third-order valence-corrected chi connectivity index (χ3v) is 3.90. The van der Waals surface area contributed by atoms with Crippen molar-refractivity contribution in [2.75, 3.05) is 0 Å². The molecule has 19 heavy (non-hydrogen) atoms. The second-order valence-corrected chi connectivity index (χ2v) is 5.91. The minimum absolute atomic E-state index is 0.467. The lowest BCUT2D eigenvalue weighted by Crippen LogP contribution is -2.35. The van der Waals surface area contributed by atoms with Crippen LogP contribution in [0.2, 0.25) is 0 Å². The van der Waals surface area contributed by atoms with Crippen molar-refractivity contribution in [1.29, 1.82) is 0 Å². The van der Waals surface area contributed by atoms with Gasteiger partial charge < -0.3 is 15.3 Å². The number of hydrogen-bond donors (Lipinski definition) is 3. The third kappa shape index (κ3) is 12.6. The molecule has 0 fully saturated rings. The van der Waals surface area contributed by atoms with Crippen molar-refractivity contribution in [3.8, 4) is 0 Å². The Morgan fingerprint density at radius 3 is 1.42 bits per heavy atom. The van der Waals surface area contributed by atoms with Crippen LogP contribution >= 0.6 is 0 Å². The van der Waals surface area contributed by atoms with E-state index >= 15 is 0 Å². The van der Waals surface area contributed by atoms with Crippen molar-refractivity contribution in [2.45, 2.75) is 96.9 Å². The van der Waals surface area contributed by atoms with E-state index in [9.17, 15) is 0 Å². The van der Waals surface area contributed by atoms with Crippen LogP contribution in [-0.4, -0.2) is 21.3 Å². The maximum absolute atomic E-state index is 8.96. The van der Waals surface area contributed by atoms with Crippen molar-refractivity contribution in [3.05, 3.63) is 0 Å². The third-order valence-electron chi connectivity index (χ3n) is 3.90. The molecule has 3 nitrogen and oxygen atoms in total. The van der Waals surface area contributed by atoms with E-state index in [0.29, 0.717) is 6.42 Å². The lowest BCUT2D eigenvalue weighted by Gasteiger charge is -2.21. The fraction of sp³-hybridized carbons (Fsp3) is 1.00. The molecule has 0 saturated heterocycles. The first kappa shape index (κ1) is 18.9. The molecule has 3 N–H and O–H groups in total. The summed E-state index contributed by atoms with van der Waals surface area (Å²) in [6, 6.07) is 0. The molecule has 0 amide bonds. The second-order valence-electron chi connectivity index (χ2n) is 5.91. The minimum atomic E-state index is -2.50. The van der Waals surface area contributed by atoms with Gasteiger partial charge in [0.25, 0.3) is 5.97 Å². The summed E-state index contributed by atoms with van der Waals surface area (Å²) in [6.07, 6.45) is 14.8. The van der Waals surface area contributed by atoms with Gasteiger partial charge in [-0.3, -0.25) is 0 Å². The smallest absolute Gasteiger partial charge is 0.277 e. The van der Waals surface area contributed by atoms with Crippen LogP contribution in [0.3, 0.4) is 0 Å². The molecule has 0 aliphatic carbocycles. The average molecular weight is 274 g/mol. The van der Waals surface area contributed by atoms with Crippen molar-refractivity contribution >= 4 is 0 Å². The maximum atomic E-state index is 8.96. The second kappa shape index (κ2) is 11.7. The van der Waals surface area contributed by atoms with Crippen LogP contribution in [0.4, 0.5) is 0 Å². The van der Waals surface area contributed by atoms with Gasteiger partial charge in [-0.05, 0) is 6.42 Å². The Hall–Kier alpha value is -0.120. The van der Waals surface area contributed by atoms with Gasteiger partial charge in [0.05, 0.1) is 0 Å². The molecule has 0 bridgehead atoms. The van der Waals surface area contributed by atoms with Gasteiger partial charge in [0.1, 0.15) is 0 Å². The summed E-state index contributed by atoms with van der Waals surface area (Å²) in [5.41, 5.74) is 0. The topological polar surface area (TPSA) is 60.7 Å². The van der Waals surface area contributed by atoms with Crippen molar-refractivity contribution in [1.82, 2.24) is 0 Å². The van der Waals surface area contributed by atoms with E-state index in [1.54, 1.807) is 6.92 Å². The monoisotopic (exact) mass is 274 g/mol. The van der Waals surface area contributed by atoms with E-state index in [4.69, 9.17) is 15.3 Å². The molecule has 0 aromatic rings. The molecule has 0 aromatic heterocycles. The van der Waals surface area contributed by atoms with Gasteiger partial charge in [0, 0.05) is 5.92 Å². The molecule has 0 aliphatic heterocycles. The molecule has 0 rings (SSSR count). The highest BCUT2D eigenvalue weighted by atomic mass is 16.7. The zero-order valence-corrected chi connectivity index (χ0v) is 12.9. The quantitative estimate of drug-likeness (QED) is 0.352. The summed E-state index contributed by atoms with van der Waals surface area (Å²) in [7, 11) is 0. The fourth-order valence-electron chi connectivity index (χ4n) is 2.31. The average Bonchev–Trinajstić information content (AvgIpc) is 2.34.